The molecule has 174 valence electrons. The van der Waals surface area contributed by atoms with E-state index < -0.39 is 0 Å². The first-order valence-corrected chi connectivity index (χ1v) is 11.7. The van der Waals surface area contributed by atoms with Crippen molar-refractivity contribution in [3.05, 3.63) is 64.8 Å². The zero-order valence-electron chi connectivity index (χ0n) is 18.8. The highest BCUT2D eigenvalue weighted by molar-refractivity contribution is 6.31. The summed E-state index contributed by atoms with van der Waals surface area (Å²) in [6, 6.07) is 12.7. The maximum absolute atomic E-state index is 12.8. The van der Waals surface area contributed by atoms with Gasteiger partial charge < -0.3 is 20.4 Å². The maximum atomic E-state index is 12.8. The van der Waals surface area contributed by atoms with Crippen LogP contribution in [0.5, 0.6) is 0 Å². The van der Waals surface area contributed by atoms with Crippen LogP contribution in [0.25, 0.3) is 11.3 Å². The van der Waals surface area contributed by atoms with Crippen molar-refractivity contribution in [1.82, 2.24) is 19.8 Å². The number of benzene rings is 2. The number of amides is 2. The van der Waals surface area contributed by atoms with E-state index in [0.29, 0.717) is 27.9 Å². The van der Waals surface area contributed by atoms with E-state index in [0.717, 1.165) is 49.5 Å². The largest absolute Gasteiger partial charge is 0.336 e. The zero-order chi connectivity index (χ0) is 23.7. The first kappa shape index (κ1) is 22.3. The van der Waals surface area contributed by atoms with Crippen LogP contribution in [0.4, 0.5) is 17.3 Å². The molecule has 0 bridgehead atoms. The molecule has 0 unspecified atom stereocenters. The van der Waals surface area contributed by atoms with Gasteiger partial charge in [0.05, 0.1) is 17.8 Å². The molecule has 2 aliphatic rings. The summed E-state index contributed by atoms with van der Waals surface area (Å²) in [4.78, 5) is 38.4. The van der Waals surface area contributed by atoms with Crippen LogP contribution in [0.3, 0.4) is 0 Å². The Kier molecular flexibility index (Phi) is 6.17. The van der Waals surface area contributed by atoms with Crippen LogP contribution in [0, 0.1) is 0 Å². The quantitative estimate of drug-likeness (QED) is 0.595. The van der Waals surface area contributed by atoms with Gasteiger partial charge >= 0.3 is 0 Å². The number of hydrogen-bond donors (Lipinski definition) is 2. The fraction of sp³-hybridized carbons (Fsp3) is 0.280. The van der Waals surface area contributed by atoms with Crippen molar-refractivity contribution in [2.24, 2.45) is 0 Å². The molecule has 2 aromatic carbocycles. The molecular formula is C25H25ClN6O2. The lowest BCUT2D eigenvalue weighted by Gasteiger charge is -2.34. The van der Waals surface area contributed by atoms with Crippen molar-refractivity contribution in [3.63, 3.8) is 0 Å². The Balaban J connectivity index is 1.33. The van der Waals surface area contributed by atoms with Gasteiger partial charge in [-0.2, -0.15) is 0 Å². The number of halogens is 1. The predicted molar refractivity (Wildman–Crippen MR) is 133 cm³/mol. The molecule has 34 heavy (non-hydrogen) atoms. The molecule has 2 aliphatic heterocycles. The number of carbonyl (C=O) groups is 2. The average molecular weight is 477 g/mol. The van der Waals surface area contributed by atoms with Gasteiger partial charge in [-0.25, -0.2) is 9.97 Å². The van der Waals surface area contributed by atoms with Gasteiger partial charge in [-0.15, -0.1) is 0 Å². The van der Waals surface area contributed by atoms with Crippen molar-refractivity contribution in [3.8, 4) is 11.3 Å². The Morgan fingerprint density at radius 1 is 1.12 bits per heavy atom. The Labute approximate surface area is 203 Å². The van der Waals surface area contributed by atoms with E-state index in [1.165, 1.54) is 0 Å². The third kappa shape index (κ3) is 4.60. The van der Waals surface area contributed by atoms with E-state index in [9.17, 15) is 9.59 Å². The highest BCUT2D eigenvalue weighted by atomic mass is 35.5. The monoisotopic (exact) mass is 476 g/mol. The average Bonchev–Trinajstić information content (AvgIpc) is 2.98. The summed E-state index contributed by atoms with van der Waals surface area (Å²) in [6.45, 7) is 6.47. The van der Waals surface area contributed by atoms with E-state index in [2.05, 4.69) is 32.4 Å². The van der Waals surface area contributed by atoms with Crippen molar-refractivity contribution >= 4 is 40.7 Å². The summed E-state index contributed by atoms with van der Waals surface area (Å²) in [5.41, 5.74) is 4.28. The number of carbonyl (C=O) groups excluding carboxylic acids is 2. The molecule has 3 heterocycles. The molecule has 0 spiro atoms. The second-order valence-corrected chi connectivity index (χ2v) is 8.85. The normalized spacial score (nSPS) is 15.7. The molecule has 2 N–H and O–H groups in total. The van der Waals surface area contributed by atoms with Crippen LogP contribution in [-0.2, 0) is 11.2 Å². The van der Waals surface area contributed by atoms with Crippen molar-refractivity contribution in [2.75, 3.05) is 43.4 Å². The number of likely N-dealkylation sites (N-methyl/N-ethyl adjacent to an activating group) is 1. The van der Waals surface area contributed by atoms with Crippen LogP contribution in [-0.4, -0.2) is 64.3 Å². The van der Waals surface area contributed by atoms with Crippen molar-refractivity contribution in [1.29, 1.82) is 0 Å². The number of fused-ring (bicyclic) bond motifs is 3. The van der Waals surface area contributed by atoms with Crippen LogP contribution >= 0.6 is 11.6 Å². The highest BCUT2D eigenvalue weighted by Crippen LogP contribution is 2.34. The molecule has 1 aromatic heterocycles. The molecule has 8 nitrogen and oxygen atoms in total. The third-order valence-corrected chi connectivity index (χ3v) is 6.46. The SMILES string of the molecule is CCN1CCN(C(=O)c2ccc(Nc3ncc4c(n3)-c3ccc(Cl)cc3NC(=O)C4)cc2)CC1. The molecule has 1 fully saturated rings. The number of piperazine rings is 1. The van der Waals surface area contributed by atoms with Crippen LogP contribution in [0.2, 0.25) is 5.02 Å². The Hall–Kier alpha value is -3.49. The van der Waals surface area contributed by atoms with Crippen LogP contribution in [0.15, 0.2) is 48.7 Å². The second kappa shape index (κ2) is 9.40. The Morgan fingerprint density at radius 3 is 2.62 bits per heavy atom. The molecule has 9 heteroatoms. The summed E-state index contributed by atoms with van der Waals surface area (Å²) in [5.74, 6) is 0.322. The van der Waals surface area contributed by atoms with Gasteiger partial charge in [0, 0.05) is 59.8 Å². The predicted octanol–water partition coefficient (Wildman–Crippen LogP) is 3.81. The Morgan fingerprint density at radius 2 is 1.88 bits per heavy atom. The first-order valence-electron chi connectivity index (χ1n) is 11.3. The van der Waals surface area contributed by atoms with E-state index >= 15 is 0 Å². The topological polar surface area (TPSA) is 90.5 Å². The summed E-state index contributed by atoms with van der Waals surface area (Å²) < 4.78 is 0. The van der Waals surface area contributed by atoms with Crippen LogP contribution in [0.1, 0.15) is 22.8 Å². The molecule has 0 aliphatic carbocycles. The van der Waals surface area contributed by atoms with Gasteiger partial charge in [0.1, 0.15) is 0 Å². The van der Waals surface area contributed by atoms with Gasteiger partial charge in [0.15, 0.2) is 0 Å². The lowest BCUT2D eigenvalue weighted by Crippen LogP contribution is -2.48. The maximum Gasteiger partial charge on any atom is 0.253 e. The van der Waals surface area contributed by atoms with Gasteiger partial charge in [0.2, 0.25) is 11.9 Å². The van der Waals surface area contributed by atoms with Gasteiger partial charge in [-0.3, -0.25) is 9.59 Å². The highest BCUT2D eigenvalue weighted by Gasteiger charge is 2.22. The first-order chi connectivity index (χ1) is 16.5. The van der Waals surface area contributed by atoms with Gasteiger partial charge in [-0.1, -0.05) is 18.5 Å². The van der Waals surface area contributed by atoms with E-state index in [1.807, 2.05) is 35.2 Å². The standard InChI is InChI=1S/C25H25ClN6O2/c1-2-31-9-11-32(12-10-31)24(34)16-3-6-19(7-4-16)28-25-27-15-17-13-22(33)29-21-14-18(26)5-8-20(21)23(17)30-25/h3-8,14-15H,2,9-13H2,1H3,(H,29,33)(H,27,28,30). The fourth-order valence-corrected chi connectivity index (χ4v) is 4.47. The smallest absolute Gasteiger partial charge is 0.253 e. The number of nitrogens with one attached hydrogen (secondary N) is 2. The van der Waals surface area contributed by atoms with E-state index in [1.54, 1.807) is 18.3 Å². The van der Waals surface area contributed by atoms with Gasteiger partial charge in [-0.05, 0) is 49.0 Å². The molecule has 0 atom stereocenters. The lowest BCUT2D eigenvalue weighted by atomic mass is 10.1. The molecule has 1 saturated heterocycles. The minimum Gasteiger partial charge on any atom is -0.336 e. The molecule has 2 amide bonds. The summed E-state index contributed by atoms with van der Waals surface area (Å²) in [5, 5.41) is 6.62. The molecule has 0 saturated carbocycles. The number of hydrogen-bond acceptors (Lipinski definition) is 6. The number of rotatable bonds is 4. The second-order valence-electron chi connectivity index (χ2n) is 8.41. The number of anilines is 3. The van der Waals surface area contributed by atoms with Gasteiger partial charge in [0.25, 0.3) is 5.91 Å². The number of nitrogens with zero attached hydrogens (tertiary/aromatic N) is 4. The lowest BCUT2D eigenvalue weighted by molar-refractivity contribution is -0.115. The molecule has 3 aromatic rings. The van der Waals surface area contributed by atoms with Crippen LogP contribution < -0.4 is 10.6 Å². The van der Waals surface area contributed by atoms with E-state index in [-0.39, 0.29) is 18.2 Å². The van der Waals surface area contributed by atoms with E-state index in [4.69, 9.17) is 11.6 Å². The summed E-state index contributed by atoms with van der Waals surface area (Å²) in [7, 11) is 0. The Bertz CT molecular complexity index is 1240. The minimum absolute atomic E-state index is 0.0519. The van der Waals surface area contributed by atoms with Crippen molar-refractivity contribution < 1.29 is 9.59 Å². The van der Waals surface area contributed by atoms with Crippen molar-refractivity contribution in [2.45, 2.75) is 13.3 Å². The zero-order valence-corrected chi connectivity index (χ0v) is 19.6. The molecule has 5 rings (SSSR count). The summed E-state index contributed by atoms with van der Waals surface area (Å²) in [6.07, 6.45) is 1.85. The number of aromatic nitrogens is 2. The molecular weight excluding hydrogens is 452 g/mol. The minimum atomic E-state index is -0.136. The fourth-order valence-electron chi connectivity index (χ4n) is 4.30. The third-order valence-electron chi connectivity index (χ3n) is 6.22. The molecule has 0 radical (unpaired) electrons. The summed E-state index contributed by atoms with van der Waals surface area (Å²) >= 11 is 6.12.